The van der Waals surface area contributed by atoms with Crippen molar-refractivity contribution in [1.82, 2.24) is 14.9 Å². The van der Waals surface area contributed by atoms with Crippen LogP contribution in [0.2, 0.25) is 0 Å². The summed E-state index contributed by atoms with van der Waals surface area (Å²) in [6, 6.07) is 0. The SMILES string of the molecule is CCC1OCCC1Cn1cncc1C1CCNCC1. The molecule has 4 nitrogen and oxygen atoms in total. The average molecular weight is 263 g/mol. The number of hydrogen-bond donors (Lipinski definition) is 1. The summed E-state index contributed by atoms with van der Waals surface area (Å²) in [5.74, 6) is 1.35. The number of aromatic nitrogens is 2. The zero-order valence-corrected chi connectivity index (χ0v) is 11.8. The van der Waals surface area contributed by atoms with Gasteiger partial charge in [0, 0.05) is 36.9 Å². The van der Waals surface area contributed by atoms with Gasteiger partial charge in [-0.05, 0) is 38.8 Å². The molecule has 3 rings (SSSR count). The molecule has 1 aromatic rings. The number of nitrogens with one attached hydrogen (secondary N) is 1. The molecule has 1 aromatic heterocycles. The van der Waals surface area contributed by atoms with Crippen molar-refractivity contribution in [2.75, 3.05) is 19.7 Å². The van der Waals surface area contributed by atoms with Crippen molar-refractivity contribution >= 4 is 0 Å². The fraction of sp³-hybridized carbons (Fsp3) is 0.800. The van der Waals surface area contributed by atoms with Crippen molar-refractivity contribution in [3.63, 3.8) is 0 Å². The van der Waals surface area contributed by atoms with Crippen molar-refractivity contribution in [1.29, 1.82) is 0 Å². The lowest BCUT2D eigenvalue weighted by atomic mass is 9.94. The second-order valence-corrected chi connectivity index (χ2v) is 5.86. The Morgan fingerprint density at radius 3 is 3.00 bits per heavy atom. The van der Waals surface area contributed by atoms with Crippen LogP contribution < -0.4 is 5.32 Å². The van der Waals surface area contributed by atoms with E-state index in [1.165, 1.54) is 25.0 Å². The van der Waals surface area contributed by atoms with Crippen LogP contribution in [0.3, 0.4) is 0 Å². The molecule has 1 N–H and O–H groups in total. The quantitative estimate of drug-likeness (QED) is 0.905. The Bertz CT molecular complexity index is 398. The Morgan fingerprint density at radius 1 is 1.37 bits per heavy atom. The molecule has 106 valence electrons. The minimum Gasteiger partial charge on any atom is -0.378 e. The van der Waals surface area contributed by atoms with E-state index in [-0.39, 0.29) is 0 Å². The van der Waals surface area contributed by atoms with E-state index < -0.39 is 0 Å². The van der Waals surface area contributed by atoms with Crippen LogP contribution in [0.15, 0.2) is 12.5 Å². The normalized spacial score (nSPS) is 28.9. The van der Waals surface area contributed by atoms with Crippen LogP contribution in [-0.2, 0) is 11.3 Å². The molecule has 0 radical (unpaired) electrons. The van der Waals surface area contributed by atoms with Gasteiger partial charge < -0.3 is 14.6 Å². The summed E-state index contributed by atoms with van der Waals surface area (Å²) >= 11 is 0. The van der Waals surface area contributed by atoms with Crippen molar-refractivity contribution in [3.8, 4) is 0 Å². The summed E-state index contributed by atoms with van der Waals surface area (Å²) in [7, 11) is 0. The van der Waals surface area contributed by atoms with Crippen LogP contribution in [0.1, 0.15) is 44.2 Å². The molecule has 19 heavy (non-hydrogen) atoms. The van der Waals surface area contributed by atoms with E-state index in [0.29, 0.717) is 17.9 Å². The van der Waals surface area contributed by atoms with Crippen LogP contribution in [0.25, 0.3) is 0 Å². The second kappa shape index (κ2) is 6.06. The monoisotopic (exact) mass is 263 g/mol. The number of imidazole rings is 1. The first kappa shape index (κ1) is 13.1. The van der Waals surface area contributed by atoms with Gasteiger partial charge in [-0.25, -0.2) is 4.98 Å². The first-order valence-electron chi connectivity index (χ1n) is 7.70. The Labute approximate surface area is 115 Å². The molecule has 0 spiro atoms. The van der Waals surface area contributed by atoms with E-state index in [0.717, 1.165) is 32.7 Å². The molecule has 2 aliphatic rings. The molecule has 0 bridgehead atoms. The lowest BCUT2D eigenvalue weighted by molar-refractivity contribution is 0.0832. The van der Waals surface area contributed by atoms with E-state index in [1.54, 1.807) is 0 Å². The van der Waals surface area contributed by atoms with Crippen LogP contribution in [-0.4, -0.2) is 35.4 Å². The predicted octanol–water partition coefficient (Wildman–Crippen LogP) is 2.17. The lowest BCUT2D eigenvalue weighted by Crippen LogP contribution is -2.28. The maximum atomic E-state index is 5.81. The van der Waals surface area contributed by atoms with Gasteiger partial charge in [0.1, 0.15) is 0 Å². The third kappa shape index (κ3) is 2.84. The maximum absolute atomic E-state index is 5.81. The Hall–Kier alpha value is -0.870. The average Bonchev–Trinajstić information content (AvgIpc) is 3.09. The van der Waals surface area contributed by atoms with E-state index in [2.05, 4.69) is 28.0 Å². The fourth-order valence-electron chi connectivity index (χ4n) is 3.55. The molecule has 0 aromatic carbocycles. The minimum atomic E-state index is 0.447. The fourth-order valence-corrected chi connectivity index (χ4v) is 3.55. The number of ether oxygens (including phenoxy) is 1. The van der Waals surface area contributed by atoms with E-state index >= 15 is 0 Å². The molecule has 2 unspecified atom stereocenters. The third-order valence-corrected chi connectivity index (χ3v) is 4.68. The van der Waals surface area contributed by atoms with Crippen LogP contribution in [0, 0.1) is 5.92 Å². The highest BCUT2D eigenvalue weighted by molar-refractivity contribution is 5.08. The highest BCUT2D eigenvalue weighted by atomic mass is 16.5. The highest BCUT2D eigenvalue weighted by Gasteiger charge is 2.28. The second-order valence-electron chi connectivity index (χ2n) is 5.86. The Kier molecular flexibility index (Phi) is 4.18. The lowest BCUT2D eigenvalue weighted by Gasteiger charge is -2.25. The molecule has 2 saturated heterocycles. The van der Waals surface area contributed by atoms with Crippen LogP contribution in [0.4, 0.5) is 0 Å². The van der Waals surface area contributed by atoms with Gasteiger partial charge in [0.25, 0.3) is 0 Å². The van der Waals surface area contributed by atoms with Crippen molar-refractivity contribution in [2.24, 2.45) is 5.92 Å². The van der Waals surface area contributed by atoms with Gasteiger partial charge in [-0.1, -0.05) is 6.92 Å². The first-order valence-corrected chi connectivity index (χ1v) is 7.70. The van der Waals surface area contributed by atoms with Crippen molar-refractivity contribution in [3.05, 3.63) is 18.2 Å². The van der Waals surface area contributed by atoms with Gasteiger partial charge in [-0.15, -0.1) is 0 Å². The van der Waals surface area contributed by atoms with Gasteiger partial charge in [0.15, 0.2) is 0 Å². The smallest absolute Gasteiger partial charge is 0.0948 e. The molecule has 2 aliphatic heterocycles. The van der Waals surface area contributed by atoms with Gasteiger partial charge in [0.2, 0.25) is 0 Å². The summed E-state index contributed by atoms with van der Waals surface area (Å²) in [5.41, 5.74) is 1.43. The summed E-state index contributed by atoms with van der Waals surface area (Å²) in [4.78, 5) is 4.39. The molecular weight excluding hydrogens is 238 g/mol. The Balaban J connectivity index is 1.69. The standard InChI is InChI=1S/C15H25N3O/c1-2-15-13(5-8-19-15)10-18-11-17-9-14(18)12-3-6-16-7-4-12/h9,11-13,15-16H,2-8,10H2,1H3. The highest BCUT2D eigenvalue weighted by Crippen LogP contribution is 2.29. The van der Waals surface area contributed by atoms with Gasteiger partial charge >= 0.3 is 0 Å². The van der Waals surface area contributed by atoms with E-state index in [9.17, 15) is 0 Å². The number of piperidine rings is 1. The largest absolute Gasteiger partial charge is 0.378 e. The van der Waals surface area contributed by atoms with Crippen molar-refractivity contribution in [2.45, 2.75) is 51.2 Å². The Morgan fingerprint density at radius 2 is 2.21 bits per heavy atom. The molecular formula is C15H25N3O. The maximum Gasteiger partial charge on any atom is 0.0948 e. The number of nitrogens with zero attached hydrogens (tertiary/aromatic N) is 2. The van der Waals surface area contributed by atoms with Crippen molar-refractivity contribution < 1.29 is 4.74 Å². The number of hydrogen-bond acceptors (Lipinski definition) is 3. The molecule has 0 saturated carbocycles. The zero-order valence-electron chi connectivity index (χ0n) is 11.8. The predicted molar refractivity (Wildman–Crippen MR) is 75.2 cm³/mol. The molecule has 0 aliphatic carbocycles. The van der Waals surface area contributed by atoms with E-state index in [4.69, 9.17) is 4.74 Å². The third-order valence-electron chi connectivity index (χ3n) is 4.68. The topological polar surface area (TPSA) is 39.1 Å². The number of rotatable bonds is 4. The molecule has 4 heteroatoms. The van der Waals surface area contributed by atoms with E-state index in [1.807, 2.05) is 6.33 Å². The summed E-state index contributed by atoms with van der Waals surface area (Å²) in [6.07, 6.45) is 9.34. The molecule has 3 heterocycles. The van der Waals surface area contributed by atoms with Gasteiger partial charge in [-0.2, -0.15) is 0 Å². The first-order chi connectivity index (χ1) is 9.38. The van der Waals surface area contributed by atoms with Gasteiger partial charge in [-0.3, -0.25) is 0 Å². The van der Waals surface area contributed by atoms with Crippen LogP contribution >= 0.6 is 0 Å². The van der Waals surface area contributed by atoms with Gasteiger partial charge in [0.05, 0.1) is 12.4 Å². The summed E-state index contributed by atoms with van der Waals surface area (Å²) in [6.45, 7) is 6.52. The molecule has 2 atom stereocenters. The minimum absolute atomic E-state index is 0.447. The summed E-state index contributed by atoms with van der Waals surface area (Å²) < 4.78 is 8.19. The summed E-state index contributed by atoms with van der Waals surface area (Å²) in [5, 5.41) is 3.44. The molecule has 0 amide bonds. The molecule has 2 fully saturated rings. The zero-order chi connectivity index (χ0) is 13.1. The van der Waals surface area contributed by atoms with Crippen LogP contribution in [0.5, 0.6) is 0 Å².